The number of amides is 1. The Balaban J connectivity index is 2.19. The van der Waals surface area contributed by atoms with Gasteiger partial charge >= 0.3 is 0 Å². The molecule has 1 saturated heterocycles. The summed E-state index contributed by atoms with van der Waals surface area (Å²) >= 11 is 6.31. The molecule has 0 saturated carbocycles. The molecule has 1 N–H and O–H groups in total. The van der Waals surface area contributed by atoms with Crippen LogP contribution >= 0.6 is 23.6 Å². The zero-order chi connectivity index (χ0) is 16.5. The molecule has 0 unspecified atom stereocenters. The number of rotatable bonds is 6. The molecule has 22 heavy (non-hydrogen) atoms. The smallest absolute Gasteiger partial charge is 0.252 e. The van der Waals surface area contributed by atoms with Crippen molar-refractivity contribution in [2.75, 3.05) is 13.1 Å². The molecule has 1 aromatic heterocycles. The first-order valence-corrected chi connectivity index (χ1v) is 9.68. The summed E-state index contributed by atoms with van der Waals surface area (Å²) in [5, 5.41) is 3.28. The van der Waals surface area contributed by atoms with Crippen molar-refractivity contribution in [3.05, 3.63) is 17.0 Å². The van der Waals surface area contributed by atoms with Crippen LogP contribution in [0, 0.1) is 0 Å². The lowest BCUT2D eigenvalue weighted by atomic mass is 10.3. The van der Waals surface area contributed by atoms with Crippen molar-refractivity contribution >= 4 is 44.6 Å². The van der Waals surface area contributed by atoms with Crippen LogP contribution in [0.1, 0.15) is 25.6 Å². The van der Waals surface area contributed by atoms with Crippen LogP contribution < -0.4 is 5.32 Å². The molecule has 9 heteroatoms. The van der Waals surface area contributed by atoms with E-state index in [4.69, 9.17) is 12.2 Å². The Labute approximate surface area is 140 Å². The Morgan fingerprint density at radius 3 is 2.50 bits per heavy atom. The molecular weight excluding hydrogens is 342 g/mol. The van der Waals surface area contributed by atoms with Crippen LogP contribution in [0.4, 0.5) is 0 Å². The van der Waals surface area contributed by atoms with E-state index in [0.717, 1.165) is 4.88 Å². The second kappa shape index (κ2) is 6.61. The quantitative estimate of drug-likeness (QED) is 0.776. The number of carbonyl (C=O) groups excluding carboxylic acids is 1. The van der Waals surface area contributed by atoms with Gasteiger partial charge in [-0.3, -0.25) is 9.69 Å². The van der Waals surface area contributed by atoms with Gasteiger partial charge in [-0.2, -0.15) is 4.31 Å². The predicted octanol–water partition coefficient (Wildman–Crippen LogP) is 1.38. The number of carbonyl (C=O) groups is 1. The van der Waals surface area contributed by atoms with Crippen molar-refractivity contribution in [3.8, 4) is 0 Å². The maximum atomic E-state index is 12.4. The first kappa shape index (κ1) is 17.3. The zero-order valence-corrected chi connectivity index (χ0v) is 15.1. The molecule has 0 spiro atoms. The van der Waals surface area contributed by atoms with Gasteiger partial charge in [0.2, 0.25) is 0 Å². The molecule has 0 aliphatic carbocycles. The fraction of sp³-hybridized carbons (Fsp3) is 0.538. The maximum absolute atomic E-state index is 12.4. The monoisotopic (exact) mass is 361 g/mol. The molecule has 6 nitrogen and oxygen atoms in total. The van der Waals surface area contributed by atoms with Crippen LogP contribution in [-0.4, -0.2) is 47.8 Å². The Morgan fingerprint density at radius 1 is 1.36 bits per heavy atom. The van der Waals surface area contributed by atoms with Gasteiger partial charge in [0.25, 0.3) is 15.9 Å². The number of hydrogen-bond donors (Lipinski definition) is 1. The van der Waals surface area contributed by atoms with E-state index in [0.29, 0.717) is 29.0 Å². The van der Waals surface area contributed by atoms with E-state index in [2.05, 4.69) is 5.32 Å². The Morgan fingerprint density at radius 2 is 2.00 bits per heavy atom. The topological polar surface area (TPSA) is 69.7 Å². The highest BCUT2D eigenvalue weighted by atomic mass is 32.2. The minimum Gasteiger partial charge on any atom is -0.351 e. The number of thiophene rings is 1. The minimum atomic E-state index is -3.45. The van der Waals surface area contributed by atoms with Gasteiger partial charge in [0.15, 0.2) is 5.11 Å². The van der Waals surface area contributed by atoms with Gasteiger partial charge in [-0.05, 0) is 31.3 Å². The van der Waals surface area contributed by atoms with E-state index >= 15 is 0 Å². The van der Waals surface area contributed by atoms with E-state index in [-0.39, 0.29) is 11.9 Å². The summed E-state index contributed by atoms with van der Waals surface area (Å²) < 4.78 is 26.6. The lowest BCUT2D eigenvalue weighted by molar-refractivity contribution is -0.127. The summed E-state index contributed by atoms with van der Waals surface area (Å²) in [5.41, 5.74) is 0. The van der Waals surface area contributed by atoms with Crippen molar-refractivity contribution < 1.29 is 13.2 Å². The molecular formula is C13H19N3O3S3. The van der Waals surface area contributed by atoms with E-state index in [1.54, 1.807) is 19.1 Å². The SMILES string of the molecule is CCN(CC)S(=O)(=O)c1ccc(CN2C(=O)[C@H](C)NC2=S)s1. The zero-order valence-electron chi connectivity index (χ0n) is 12.7. The lowest BCUT2D eigenvalue weighted by Gasteiger charge is -2.17. The molecule has 1 amide bonds. The van der Waals surface area contributed by atoms with Gasteiger partial charge in [0.05, 0.1) is 6.54 Å². The van der Waals surface area contributed by atoms with Crippen molar-refractivity contribution in [2.45, 2.75) is 37.6 Å². The van der Waals surface area contributed by atoms with Gasteiger partial charge in [-0.15, -0.1) is 11.3 Å². The molecule has 0 radical (unpaired) electrons. The van der Waals surface area contributed by atoms with E-state index in [9.17, 15) is 13.2 Å². The van der Waals surface area contributed by atoms with Crippen molar-refractivity contribution in [3.63, 3.8) is 0 Å². The van der Waals surface area contributed by atoms with E-state index < -0.39 is 10.0 Å². The third-order valence-electron chi connectivity index (χ3n) is 3.47. The van der Waals surface area contributed by atoms with Crippen LogP contribution in [0.2, 0.25) is 0 Å². The number of nitrogens with one attached hydrogen (secondary N) is 1. The molecule has 1 aliphatic rings. The standard InChI is InChI=1S/C13H19N3O3S3/c1-4-15(5-2)22(18,19)11-7-6-10(21-11)8-16-12(17)9(3)14-13(16)20/h6-7,9H,4-5,8H2,1-3H3,(H,14,20)/t9-/m0/s1. The highest BCUT2D eigenvalue weighted by Crippen LogP contribution is 2.26. The number of nitrogens with zero attached hydrogens (tertiary/aromatic N) is 2. The van der Waals surface area contributed by atoms with Gasteiger partial charge in [0.1, 0.15) is 10.3 Å². The van der Waals surface area contributed by atoms with Crippen LogP contribution in [0.5, 0.6) is 0 Å². The number of sulfonamides is 1. The highest BCUT2D eigenvalue weighted by molar-refractivity contribution is 7.91. The number of hydrogen-bond acceptors (Lipinski definition) is 5. The van der Waals surface area contributed by atoms with Gasteiger partial charge in [0, 0.05) is 18.0 Å². The molecule has 1 aromatic rings. The fourth-order valence-corrected chi connectivity index (χ4v) is 5.53. The molecule has 2 heterocycles. The van der Waals surface area contributed by atoms with E-state index in [1.165, 1.54) is 20.5 Å². The lowest BCUT2D eigenvalue weighted by Crippen LogP contribution is -2.30. The molecule has 1 atom stereocenters. The average Bonchev–Trinajstić information content (AvgIpc) is 3.02. The van der Waals surface area contributed by atoms with Crippen LogP contribution in [-0.2, 0) is 21.4 Å². The summed E-state index contributed by atoms with van der Waals surface area (Å²) in [4.78, 5) is 14.2. The Hall–Kier alpha value is -1.03. The van der Waals surface area contributed by atoms with Crippen LogP contribution in [0.3, 0.4) is 0 Å². The van der Waals surface area contributed by atoms with Crippen LogP contribution in [0.25, 0.3) is 0 Å². The fourth-order valence-electron chi connectivity index (χ4n) is 2.24. The molecule has 0 bridgehead atoms. The molecule has 2 rings (SSSR count). The molecule has 1 fully saturated rings. The largest absolute Gasteiger partial charge is 0.351 e. The van der Waals surface area contributed by atoms with E-state index in [1.807, 2.05) is 13.8 Å². The Bertz CT molecular complexity index is 680. The van der Waals surface area contributed by atoms with Gasteiger partial charge in [-0.25, -0.2) is 8.42 Å². The third-order valence-corrected chi connectivity index (χ3v) is 7.40. The third kappa shape index (κ3) is 3.17. The summed E-state index contributed by atoms with van der Waals surface area (Å²) in [6.07, 6.45) is 0. The summed E-state index contributed by atoms with van der Waals surface area (Å²) in [6.45, 7) is 6.53. The summed E-state index contributed by atoms with van der Waals surface area (Å²) in [6, 6.07) is 3.00. The summed E-state index contributed by atoms with van der Waals surface area (Å²) in [5.74, 6) is -0.0912. The van der Waals surface area contributed by atoms with Crippen molar-refractivity contribution in [2.24, 2.45) is 0 Å². The first-order chi connectivity index (χ1) is 10.3. The van der Waals surface area contributed by atoms with Crippen LogP contribution in [0.15, 0.2) is 16.3 Å². The second-order valence-corrected chi connectivity index (χ2v) is 8.63. The minimum absolute atomic E-state index is 0.0912. The average molecular weight is 362 g/mol. The van der Waals surface area contributed by atoms with Gasteiger partial charge in [-0.1, -0.05) is 13.8 Å². The molecule has 1 aliphatic heterocycles. The number of thiocarbonyl (C=S) groups is 1. The second-order valence-electron chi connectivity index (χ2n) is 4.91. The summed E-state index contributed by atoms with van der Waals surface area (Å²) in [7, 11) is -3.45. The van der Waals surface area contributed by atoms with Gasteiger partial charge < -0.3 is 5.32 Å². The predicted molar refractivity (Wildman–Crippen MR) is 90.2 cm³/mol. The normalized spacial score (nSPS) is 19.1. The van der Waals surface area contributed by atoms with Crippen molar-refractivity contribution in [1.82, 2.24) is 14.5 Å². The van der Waals surface area contributed by atoms with Crippen molar-refractivity contribution in [1.29, 1.82) is 0 Å². The molecule has 0 aromatic carbocycles. The Kier molecular flexibility index (Phi) is 5.21. The highest BCUT2D eigenvalue weighted by Gasteiger charge is 2.32. The molecule has 122 valence electrons. The first-order valence-electron chi connectivity index (χ1n) is 7.02. The maximum Gasteiger partial charge on any atom is 0.252 e.